The number of thiocarbonyl (C=S) groups is 1. The van der Waals surface area contributed by atoms with Crippen LogP contribution in [0, 0.1) is 0 Å². The van der Waals surface area contributed by atoms with E-state index in [-0.39, 0.29) is 11.0 Å². The molecule has 5 nitrogen and oxygen atoms in total. The van der Waals surface area contributed by atoms with Crippen molar-refractivity contribution in [1.29, 1.82) is 0 Å². The van der Waals surface area contributed by atoms with Gasteiger partial charge in [0.1, 0.15) is 4.88 Å². The fraction of sp³-hybridized carbons (Fsp3) is 0.154. The highest BCUT2D eigenvalue weighted by Crippen LogP contribution is 2.34. The lowest BCUT2D eigenvalue weighted by atomic mass is 10.2. The molecule has 8 heteroatoms. The number of thiophene rings is 1. The third-order valence-electron chi connectivity index (χ3n) is 2.60. The molecule has 1 heterocycles. The molecule has 0 aliphatic carbocycles. The van der Waals surface area contributed by atoms with E-state index < -0.39 is 5.91 Å². The molecule has 0 spiro atoms. The van der Waals surface area contributed by atoms with Crippen LogP contribution >= 0.6 is 35.2 Å². The van der Waals surface area contributed by atoms with Crippen molar-refractivity contribution in [3.63, 3.8) is 0 Å². The van der Waals surface area contributed by atoms with Crippen LogP contribution in [0.4, 0.5) is 0 Å². The summed E-state index contributed by atoms with van der Waals surface area (Å²) in [5.41, 5.74) is 4.80. The number of carbonyl (C=O) groups is 2. The first kappa shape index (κ1) is 15.7. The molecule has 0 saturated heterocycles. The molecule has 0 bridgehead atoms. The number of carbonyl (C=O) groups excluding carboxylic acids is 2. The predicted octanol–water partition coefficient (Wildman–Crippen LogP) is 2.60. The second-order valence-corrected chi connectivity index (χ2v) is 5.89. The second kappa shape index (κ2) is 6.84. The van der Waals surface area contributed by atoms with E-state index in [4.69, 9.17) is 23.8 Å². The number of benzene rings is 1. The Morgan fingerprint density at radius 2 is 2.00 bits per heavy atom. The molecule has 1 aromatic heterocycles. The summed E-state index contributed by atoms with van der Waals surface area (Å²) in [6.07, 6.45) is 0.311. The first-order valence-corrected chi connectivity index (χ1v) is 7.70. The van der Waals surface area contributed by atoms with Crippen LogP contribution in [0.2, 0.25) is 5.02 Å². The molecule has 0 unspecified atom stereocenters. The zero-order valence-electron chi connectivity index (χ0n) is 11.0. The lowest BCUT2D eigenvalue weighted by Crippen LogP contribution is -2.48. The Morgan fingerprint density at radius 1 is 1.29 bits per heavy atom. The standard InChI is InChI=1S/C13H12ClN3O2S2/c1-2-9(18)16-17-13(20)15-12(19)11-10(14)7-5-3-4-6-8(7)21-11/h3-6H,2H2,1H3,(H,16,18)(H2,15,17,19,20). The minimum absolute atomic E-state index is 0.00956. The van der Waals surface area contributed by atoms with E-state index in [1.165, 1.54) is 11.3 Å². The summed E-state index contributed by atoms with van der Waals surface area (Å²) in [7, 11) is 0. The molecule has 3 N–H and O–H groups in total. The molecular formula is C13H12ClN3O2S2. The smallest absolute Gasteiger partial charge is 0.269 e. The number of halogens is 1. The summed E-state index contributed by atoms with van der Waals surface area (Å²) >= 11 is 12.4. The summed E-state index contributed by atoms with van der Waals surface area (Å²) in [5.74, 6) is -0.643. The third kappa shape index (κ3) is 3.69. The summed E-state index contributed by atoms with van der Waals surface area (Å²) in [4.78, 5) is 23.6. The third-order valence-corrected chi connectivity index (χ3v) is 4.48. The molecule has 110 valence electrons. The SMILES string of the molecule is CCC(=O)NNC(=S)NC(=O)c1sc2ccccc2c1Cl. The van der Waals surface area contributed by atoms with Crippen molar-refractivity contribution in [1.82, 2.24) is 16.2 Å². The zero-order valence-corrected chi connectivity index (χ0v) is 13.4. The normalized spacial score (nSPS) is 10.2. The monoisotopic (exact) mass is 341 g/mol. The van der Waals surface area contributed by atoms with Gasteiger partial charge in [-0.25, -0.2) is 0 Å². The number of amides is 2. The van der Waals surface area contributed by atoms with Gasteiger partial charge in [0.05, 0.1) is 5.02 Å². The van der Waals surface area contributed by atoms with Gasteiger partial charge in [-0.3, -0.25) is 25.8 Å². The van der Waals surface area contributed by atoms with E-state index in [9.17, 15) is 9.59 Å². The first-order valence-electron chi connectivity index (χ1n) is 6.10. The Kier molecular flexibility index (Phi) is 5.11. The molecule has 2 amide bonds. The lowest BCUT2D eigenvalue weighted by molar-refractivity contribution is -0.121. The molecule has 0 atom stereocenters. The Labute approximate surface area is 135 Å². The average molecular weight is 342 g/mol. The van der Waals surface area contributed by atoms with Crippen LogP contribution in [-0.2, 0) is 4.79 Å². The van der Waals surface area contributed by atoms with Crippen molar-refractivity contribution >= 4 is 62.2 Å². The van der Waals surface area contributed by atoms with Gasteiger partial charge in [-0.05, 0) is 18.3 Å². The average Bonchev–Trinajstić information content (AvgIpc) is 2.82. The van der Waals surface area contributed by atoms with Gasteiger partial charge in [0.2, 0.25) is 5.91 Å². The van der Waals surface area contributed by atoms with Crippen LogP contribution in [0.25, 0.3) is 10.1 Å². The van der Waals surface area contributed by atoms with Gasteiger partial charge < -0.3 is 0 Å². The molecule has 0 radical (unpaired) electrons. The molecule has 1 aromatic carbocycles. The molecule has 0 saturated carbocycles. The zero-order chi connectivity index (χ0) is 15.4. The highest BCUT2D eigenvalue weighted by molar-refractivity contribution is 7.80. The van der Waals surface area contributed by atoms with Gasteiger partial charge in [-0.2, -0.15) is 0 Å². The molecule has 0 aliphatic rings. The Hall–Kier alpha value is -1.70. The van der Waals surface area contributed by atoms with Crippen LogP contribution in [0.5, 0.6) is 0 Å². The van der Waals surface area contributed by atoms with E-state index in [1.807, 2.05) is 24.3 Å². The maximum atomic E-state index is 12.1. The van der Waals surface area contributed by atoms with E-state index in [1.54, 1.807) is 6.92 Å². The highest BCUT2D eigenvalue weighted by Gasteiger charge is 2.17. The number of nitrogens with one attached hydrogen (secondary N) is 3. The number of hydrogen-bond donors (Lipinski definition) is 3. The number of hydrogen-bond acceptors (Lipinski definition) is 4. The minimum atomic E-state index is -0.413. The Morgan fingerprint density at radius 3 is 2.67 bits per heavy atom. The van der Waals surface area contributed by atoms with Crippen molar-refractivity contribution in [3.05, 3.63) is 34.2 Å². The topological polar surface area (TPSA) is 70.2 Å². The minimum Gasteiger partial charge on any atom is -0.297 e. The predicted molar refractivity (Wildman–Crippen MR) is 88.5 cm³/mol. The van der Waals surface area contributed by atoms with E-state index >= 15 is 0 Å². The largest absolute Gasteiger partial charge is 0.297 e. The van der Waals surface area contributed by atoms with E-state index in [2.05, 4.69) is 16.2 Å². The van der Waals surface area contributed by atoms with Crippen LogP contribution in [0.3, 0.4) is 0 Å². The van der Waals surface area contributed by atoms with Gasteiger partial charge in [-0.1, -0.05) is 36.7 Å². The van der Waals surface area contributed by atoms with Gasteiger partial charge in [0.25, 0.3) is 5.91 Å². The summed E-state index contributed by atoms with van der Waals surface area (Å²) in [6.45, 7) is 1.70. The van der Waals surface area contributed by atoms with Crippen molar-refractivity contribution in [2.75, 3.05) is 0 Å². The van der Waals surface area contributed by atoms with E-state index in [0.717, 1.165) is 10.1 Å². The Bertz CT molecular complexity index is 715. The maximum Gasteiger partial charge on any atom is 0.269 e. The molecule has 2 rings (SSSR count). The van der Waals surface area contributed by atoms with Gasteiger partial charge in [0.15, 0.2) is 5.11 Å². The van der Waals surface area contributed by atoms with Gasteiger partial charge >= 0.3 is 0 Å². The van der Waals surface area contributed by atoms with Crippen LogP contribution in [0.15, 0.2) is 24.3 Å². The summed E-state index contributed by atoms with van der Waals surface area (Å²) in [5, 5.41) is 3.70. The van der Waals surface area contributed by atoms with Crippen LogP contribution in [0.1, 0.15) is 23.0 Å². The summed E-state index contributed by atoms with van der Waals surface area (Å²) in [6, 6.07) is 7.47. The molecule has 2 aromatic rings. The van der Waals surface area contributed by atoms with Crippen LogP contribution in [-0.4, -0.2) is 16.9 Å². The summed E-state index contributed by atoms with van der Waals surface area (Å²) < 4.78 is 0.922. The van der Waals surface area contributed by atoms with Crippen molar-refractivity contribution in [3.8, 4) is 0 Å². The number of hydrazine groups is 1. The van der Waals surface area contributed by atoms with E-state index in [0.29, 0.717) is 16.3 Å². The van der Waals surface area contributed by atoms with Crippen molar-refractivity contribution < 1.29 is 9.59 Å². The molecule has 0 fully saturated rings. The quantitative estimate of drug-likeness (QED) is 0.580. The Balaban J connectivity index is 2.07. The highest BCUT2D eigenvalue weighted by atomic mass is 35.5. The fourth-order valence-electron chi connectivity index (χ4n) is 1.57. The fourth-order valence-corrected chi connectivity index (χ4v) is 3.12. The number of rotatable bonds is 2. The van der Waals surface area contributed by atoms with Crippen molar-refractivity contribution in [2.45, 2.75) is 13.3 Å². The van der Waals surface area contributed by atoms with Crippen LogP contribution < -0.4 is 16.2 Å². The number of fused-ring (bicyclic) bond motifs is 1. The van der Waals surface area contributed by atoms with Gasteiger partial charge in [-0.15, -0.1) is 11.3 Å². The molecule has 21 heavy (non-hydrogen) atoms. The van der Waals surface area contributed by atoms with Crippen molar-refractivity contribution in [2.24, 2.45) is 0 Å². The lowest BCUT2D eigenvalue weighted by Gasteiger charge is -2.09. The second-order valence-electron chi connectivity index (χ2n) is 4.05. The first-order chi connectivity index (χ1) is 10.0. The van der Waals surface area contributed by atoms with Gasteiger partial charge in [0, 0.05) is 16.5 Å². The maximum absolute atomic E-state index is 12.1. The molecular weight excluding hydrogens is 330 g/mol. The molecule has 0 aliphatic heterocycles.